The highest BCUT2D eigenvalue weighted by atomic mass is 19.3. The van der Waals surface area contributed by atoms with Crippen molar-refractivity contribution < 1.29 is 18.3 Å². The number of aromatic nitrogens is 2. The van der Waals surface area contributed by atoms with Gasteiger partial charge in [-0.3, -0.25) is 14.5 Å². The average Bonchev–Trinajstić information content (AvgIpc) is 3.59. The SMILES string of the molecule is CC(C(=O)Nc1ccc(OCC2CC2)cn1)N1CCC(F)(F)[C@@H](c2c[nH]c(=O)c(N)c2)C1. The topological polar surface area (TPSA) is 113 Å². The summed E-state index contributed by atoms with van der Waals surface area (Å²) in [6.45, 7) is 2.36. The number of nitrogen functional groups attached to an aromatic ring is 1. The highest BCUT2D eigenvalue weighted by Gasteiger charge is 2.46. The number of hydrogen-bond acceptors (Lipinski definition) is 6. The molecule has 0 spiro atoms. The molecule has 1 saturated carbocycles. The van der Waals surface area contributed by atoms with E-state index in [-0.39, 0.29) is 30.2 Å². The molecule has 2 atom stereocenters. The standard InChI is InChI=1S/C22H27F2N5O3/c1-13(20(30)28-19-5-4-16(10-26-19)32-12-14-2-3-14)29-7-6-22(23,24)17(11-29)15-8-18(25)21(31)27-9-15/h4-5,8-10,13-14,17H,2-3,6-7,11-12,25H2,1H3,(H,27,31)(H,26,28,30)/t13?,17-/m1/s1. The predicted octanol–water partition coefficient (Wildman–Crippen LogP) is 2.59. The summed E-state index contributed by atoms with van der Waals surface area (Å²) in [5.74, 6) is -2.86. The number of hydrogen-bond donors (Lipinski definition) is 3. The number of pyridine rings is 2. The lowest BCUT2D eigenvalue weighted by Gasteiger charge is -2.40. The van der Waals surface area contributed by atoms with Crippen molar-refractivity contribution in [3.05, 3.63) is 46.5 Å². The smallest absolute Gasteiger partial charge is 0.271 e. The van der Waals surface area contributed by atoms with Gasteiger partial charge in [0.25, 0.3) is 11.5 Å². The third-order valence-electron chi connectivity index (χ3n) is 6.11. The van der Waals surface area contributed by atoms with Crippen molar-refractivity contribution in [1.29, 1.82) is 0 Å². The molecule has 1 saturated heterocycles. The van der Waals surface area contributed by atoms with Gasteiger partial charge in [-0.15, -0.1) is 0 Å². The van der Waals surface area contributed by atoms with Crippen LogP contribution in [0.25, 0.3) is 0 Å². The first-order valence-corrected chi connectivity index (χ1v) is 10.7. The second kappa shape index (κ2) is 8.85. The molecule has 0 radical (unpaired) electrons. The molecule has 0 aromatic carbocycles. The zero-order chi connectivity index (χ0) is 22.9. The lowest BCUT2D eigenvalue weighted by molar-refractivity contribution is -0.125. The number of carbonyl (C=O) groups is 1. The lowest BCUT2D eigenvalue weighted by Crippen LogP contribution is -2.52. The van der Waals surface area contributed by atoms with Crippen molar-refractivity contribution in [1.82, 2.24) is 14.9 Å². The number of rotatable bonds is 7. The molecular formula is C22H27F2N5O3. The molecule has 4 N–H and O–H groups in total. The Morgan fingerprint density at radius 2 is 2.22 bits per heavy atom. The normalized spacial score (nSPS) is 21.7. The first kappa shape index (κ1) is 22.2. The van der Waals surface area contributed by atoms with Gasteiger partial charge >= 0.3 is 0 Å². The van der Waals surface area contributed by atoms with Crippen LogP contribution in [0.3, 0.4) is 0 Å². The molecule has 2 aromatic heterocycles. The summed E-state index contributed by atoms with van der Waals surface area (Å²) >= 11 is 0. The van der Waals surface area contributed by atoms with E-state index in [1.54, 1.807) is 30.2 Å². The summed E-state index contributed by atoms with van der Waals surface area (Å²) in [4.78, 5) is 32.5. The van der Waals surface area contributed by atoms with Gasteiger partial charge in [0.05, 0.1) is 30.5 Å². The predicted molar refractivity (Wildman–Crippen MR) is 116 cm³/mol. The van der Waals surface area contributed by atoms with E-state index in [4.69, 9.17) is 10.5 Å². The Hall–Kier alpha value is -3.01. The maximum atomic E-state index is 14.6. The molecule has 172 valence electrons. The van der Waals surface area contributed by atoms with Crippen LogP contribution in [-0.4, -0.2) is 52.4 Å². The van der Waals surface area contributed by atoms with E-state index in [9.17, 15) is 18.4 Å². The van der Waals surface area contributed by atoms with E-state index >= 15 is 0 Å². The number of ether oxygens (including phenoxy) is 1. The largest absolute Gasteiger partial charge is 0.492 e. The number of aromatic amines is 1. The number of alkyl halides is 2. The van der Waals surface area contributed by atoms with E-state index in [0.29, 0.717) is 24.1 Å². The maximum absolute atomic E-state index is 14.6. The molecule has 2 aromatic rings. The van der Waals surface area contributed by atoms with Gasteiger partial charge in [0.15, 0.2) is 0 Å². The van der Waals surface area contributed by atoms with E-state index in [1.807, 2.05) is 0 Å². The Bertz CT molecular complexity index is 1020. The summed E-state index contributed by atoms with van der Waals surface area (Å²) in [7, 11) is 0. The fourth-order valence-corrected chi connectivity index (χ4v) is 3.78. The van der Waals surface area contributed by atoms with Crippen LogP contribution in [0.15, 0.2) is 35.4 Å². The van der Waals surface area contributed by atoms with Crippen molar-refractivity contribution in [3.63, 3.8) is 0 Å². The molecule has 2 fully saturated rings. The highest BCUT2D eigenvalue weighted by Crippen LogP contribution is 2.40. The number of carbonyl (C=O) groups excluding carboxylic acids is 1. The van der Waals surface area contributed by atoms with Crippen LogP contribution in [0.4, 0.5) is 20.3 Å². The summed E-state index contributed by atoms with van der Waals surface area (Å²) in [6.07, 6.45) is 4.80. The van der Waals surface area contributed by atoms with Crippen LogP contribution in [0, 0.1) is 5.92 Å². The Balaban J connectivity index is 1.39. The monoisotopic (exact) mass is 447 g/mol. The average molecular weight is 447 g/mol. The first-order chi connectivity index (χ1) is 15.2. The zero-order valence-electron chi connectivity index (χ0n) is 17.8. The van der Waals surface area contributed by atoms with Crippen LogP contribution < -0.4 is 21.3 Å². The molecule has 3 heterocycles. The maximum Gasteiger partial charge on any atom is 0.271 e. The Labute approximate surface area is 184 Å². The number of H-pyrrole nitrogens is 1. The molecule has 1 aliphatic heterocycles. The first-order valence-electron chi connectivity index (χ1n) is 10.7. The van der Waals surface area contributed by atoms with Crippen LogP contribution >= 0.6 is 0 Å². The minimum atomic E-state index is -2.98. The van der Waals surface area contributed by atoms with Crippen LogP contribution in [0.2, 0.25) is 0 Å². The Kier molecular flexibility index (Phi) is 6.14. The number of nitrogens with two attached hydrogens (primary N) is 1. The Morgan fingerprint density at radius 3 is 2.88 bits per heavy atom. The summed E-state index contributed by atoms with van der Waals surface area (Å²) in [5.41, 5.74) is 5.22. The summed E-state index contributed by atoms with van der Waals surface area (Å²) in [5, 5.41) is 2.73. The molecule has 10 heteroatoms. The van der Waals surface area contributed by atoms with Crippen LogP contribution in [0.5, 0.6) is 5.75 Å². The number of halogens is 2. The molecule has 32 heavy (non-hydrogen) atoms. The van der Waals surface area contributed by atoms with Crippen molar-refractivity contribution in [3.8, 4) is 5.75 Å². The second-order valence-electron chi connectivity index (χ2n) is 8.57. The van der Waals surface area contributed by atoms with E-state index in [1.165, 1.54) is 25.1 Å². The van der Waals surface area contributed by atoms with Crippen LogP contribution in [0.1, 0.15) is 37.7 Å². The van der Waals surface area contributed by atoms with Crippen molar-refractivity contribution >= 4 is 17.4 Å². The van der Waals surface area contributed by atoms with Gasteiger partial charge < -0.3 is 20.8 Å². The number of nitrogens with one attached hydrogen (secondary N) is 2. The fourth-order valence-electron chi connectivity index (χ4n) is 3.78. The zero-order valence-corrected chi connectivity index (χ0v) is 17.8. The number of piperidine rings is 1. The summed E-state index contributed by atoms with van der Waals surface area (Å²) in [6, 6.07) is 4.03. The van der Waals surface area contributed by atoms with Gasteiger partial charge in [0, 0.05) is 25.7 Å². The number of anilines is 2. The molecule has 1 unspecified atom stereocenters. The molecule has 2 aliphatic rings. The van der Waals surface area contributed by atoms with Gasteiger partial charge in [0.2, 0.25) is 5.91 Å². The van der Waals surface area contributed by atoms with E-state index in [0.717, 1.165) is 0 Å². The number of nitrogens with zero attached hydrogens (tertiary/aromatic N) is 2. The molecule has 8 nitrogen and oxygen atoms in total. The fraction of sp³-hybridized carbons (Fsp3) is 0.500. The third-order valence-corrected chi connectivity index (χ3v) is 6.11. The van der Waals surface area contributed by atoms with Crippen LogP contribution in [-0.2, 0) is 4.79 Å². The van der Waals surface area contributed by atoms with Crippen molar-refractivity contribution in [2.45, 2.75) is 44.1 Å². The van der Waals surface area contributed by atoms with Gasteiger partial charge in [-0.2, -0.15) is 0 Å². The van der Waals surface area contributed by atoms with E-state index in [2.05, 4.69) is 15.3 Å². The molecular weight excluding hydrogens is 420 g/mol. The highest BCUT2D eigenvalue weighted by molar-refractivity contribution is 5.93. The molecule has 1 amide bonds. The van der Waals surface area contributed by atoms with E-state index < -0.39 is 29.9 Å². The number of amides is 1. The van der Waals surface area contributed by atoms with Gasteiger partial charge in [-0.05, 0) is 49.4 Å². The minimum absolute atomic E-state index is 0.0472. The summed E-state index contributed by atoms with van der Waals surface area (Å²) < 4.78 is 34.9. The molecule has 0 bridgehead atoms. The van der Waals surface area contributed by atoms with Crippen molar-refractivity contribution in [2.24, 2.45) is 5.92 Å². The third kappa shape index (κ3) is 5.07. The van der Waals surface area contributed by atoms with Crippen molar-refractivity contribution in [2.75, 3.05) is 30.7 Å². The Morgan fingerprint density at radius 1 is 1.44 bits per heavy atom. The molecule has 4 rings (SSSR count). The molecule has 1 aliphatic carbocycles. The number of likely N-dealkylation sites (tertiary alicyclic amines) is 1. The lowest BCUT2D eigenvalue weighted by atomic mass is 9.87. The minimum Gasteiger partial charge on any atom is -0.492 e. The van der Waals surface area contributed by atoms with Gasteiger partial charge in [-0.1, -0.05) is 0 Å². The van der Waals surface area contributed by atoms with Gasteiger partial charge in [-0.25, -0.2) is 13.8 Å². The quantitative estimate of drug-likeness (QED) is 0.601. The van der Waals surface area contributed by atoms with Gasteiger partial charge in [0.1, 0.15) is 11.6 Å². The second-order valence-corrected chi connectivity index (χ2v) is 8.57.